The minimum absolute atomic E-state index is 0.0198. The van der Waals surface area contributed by atoms with Crippen molar-refractivity contribution in [2.45, 2.75) is 19.0 Å². The van der Waals surface area contributed by atoms with Gasteiger partial charge in [-0.2, -0.15) is 0 Å². The Labute approximate surface area is 80.2 Å². The van der Waals surface area contributed by atoms with Gasteiger partial charge < -0.3 is 9.90 Å². The molecule has 1 unspecified atom stereocenters. The van der Waals surface area contributed by atoms with Crippen LogP contribution in [0.5, 0.6) is 0 Å². The smallest absolute Gasteiger partial charge is 0.263 e. The van der Waals surface area contributed by atoms with Crippen molar-refractivity contribution >= 4 is 6.29 Å². The highest BCUT2D eigenvalue weighted by Crippen LogP contribution is 2.21. The third-order valence-electron chi connectivity index (χ3n) is 1.89. The van der Waals surface area contributed by atoms with E-state index in [-0.39, 0.29) is 12.0 Å². The molecule has 0 amide bonds. The third-order valence-corrected chi connectivity index (χ3v) is 1.89. The Morgan fingerprint density at radius 1 is 1.21 bits per heavy atom. The maximum atomic E-state index is 12.1. The Morgan fingerprint density at radius 2 is 1.71 bits per heavy atom. The fourth-order valence-corrected chi connectivity index (χ4v) is 1.09. The lowest BCUT2D eigenvalue weighted by atomic mass is 10.1. The molecule has 0 heterocycles. The standard InChI is InChI=1S/C10H10F2O2/c11-10(12)8-3-1-7(2-4-8)9(14)5-6-13/h1-4,6,9-10,14H,5H2. The molecule has 0 aliphatic rings. The van der Waals surface area contributed by atoms with Crippen molar-refractivity contribution in [1.82, 2.24) is 0 Å². The first-order valence-electron chi connectivity index (χ1n) is 4.15. The van der Waals surface area contributed by atoms with E-state index in [0.717, 1.165) is 0 Å². The van der Waals surface area contributed by atoms with Crippen LogP contribution in [0.2, 0.25) is 0 Å². The number of aliphatic hydroxyl groups is 1. The molecular formula is C10H10F2O2. The summed E-state index contributed by atoms with van der Waals surface area (Å²) in [4.78, 5) is 10.1. The number of rotatable bonds is 4. The molecule has 4 heteroatoms. The summed E-state index contributed by atoms with van der Waals surface area (Å²) < 4.78 is 24.3. The summed E-state index contributed by atoms with van der Waals surface area (Å²) in [7, 11) is 0. The van der Waals surface area contributed by atoms with Crippen LogP contribution in [-0.2, 0) is 4.79 Å². The number of carbonyl (C=O) groups is 1. The van der Waals surface area contributed by atoms with Crippen LogP contribution in [-0.4, -0.2) is 11.4 Å². The molecule has 1 atom stereocenters. The molecule has 0 aliphatic carbocycles. The van der Waals surface area contributed by atoms with Crippen LogP contribution in [0.15, 0.2) is 24.3 Å². The van der Waals surface area contributed by atoms with E-state index in [9.17, 15) is 18.7 Å². The van der Waals surface area contributed by atoms with Gasteiger partial charge in [0.2, 0.25) is 0 Å². The van der Waals surface area contributed by atoms with E-state index in [1.54, 1.807) is 0 Å². The lowest BCUT2D eigenvalue weighted by molar-refractivity contribution is -0.109. The van der Waals surface area contributed by atoms with Crippen molar-refractivity contribution < 1.29 is 18.7 Å². The van der Waals surface area contributed by atoms with Crippen LogP contribution >= 0.6 is 0 Å². The molecule has 76 valence electrons. The Kier molecular flexibility index (Phi) is 3.71. The molecule has 0 aromatic heterocycles. The van der Waals surface area contributed by atoms with Crippen molar-refractivity contribution in [1.29, 1.82) is 0 Å². The number of aldehydes is 1. The molecule has 1 aromatic rings. The highest BCUT2D eigenvalue weighted by Gasteiger charge is 2.09. The third kappa shape index (κ3) is 2.60. The van der Waals surface area contributed by atoms with Gasteiger partial charge in [0.05, 0.1) is 6.10 Å². The van der Waals surface area contributed by atoms with Crippen molar-refractivity contribution in [3.05, 3.63) is 35.4 Å². The zero-order chi connectivity index (χ0) is 10.6. The monoisotopic (exact) mass is 200 g/mol. The van der Waals surface area contributed by atoms with Gasteiger partial charge in [-0.3, -0.25) is 0 Å². The van der Waals surface area contributed by atoms with Crippen LogP contribution in [0.3, 0.4) is 0 Å². The maximum absolute atomic E-state index is 12.1. The molecule has 2 nitrogen and oxygen atoms in total. The van der Waals surface area contributed by atoms with Gasteiger partial charge in [-0.25, -0.2) is 8.78 Å². The number of carbonyl (C=O) groups excluding carboxylic acids is 1. The summed E-state index contributed by atoms with van der Waals surface area (Å²) in [5, 5.41) is 9.33. The maximum Gasteiger partial charge on any atom is 0.263 e. The molecule has 0 saturated heterocycles. The normalized spacial score (nSPS) is 12.9. The van der Waals surface area contributed by atoms with Crippen LogP contribution in [0.4, 0.5) is 8.78 Å². The largest absolute Gasteiger partial charge is 0.388 e. The predicted octanol–water partition coefficient (Wildman–Crippen LogP) is 2.25. The van der Waals surface area contributed by atoms with E-state index >= 15 is 0 Å². The average Bonchev–Trinajstić information content (AvgIpc) is 2.18. The Bertz CT molecular complexity index is 295. The Hall–Kier alpha value is -1.29. The topological polar surface area (TPSA) is 37.3 Å². The van der Waals surface area contributed by atoms with Crippen LogP contribution < -0.4 is 0 Å². The molecule has 1 rings (SSSR count). The number of aliphatic hydroxyl groups excluding tert-OH is 1. The summed E-state index contributed by atoms with van der Waals surface area (Å²) >= 11 is 0. The molecule has 0 spiro atoms. The zero-order valence-electron chi connectivity index (χ0n) is 7.36. The zero-order valence-corrected chi connectivity index (χ0v) is 7.36. The summed E-state index contributed by atoms with van der Waals surface area (Å²) in [5.74, 6) is 0. The first-order valence-corrected chi connectivity index (χ1v) is 4.15. The lowest BCUT2D eigenvalue weighted by Gasteiger charge is -2.07. The second-order valence-corrected chi connectivity index (χ2v) is 2.89. The first-order chi connectivity index (χ1) is 6.65. The Balaban J connectivity index is 2.77. The van der Waals surface area contributed by atoms with E-state index in [1.165, 1.54) is 24.3 Å². The number of benzene rings is 1. The number of hydrogen-bond acceptors (Lipinski definition) is 2. The average molecular weight is 200 g/mol. The molecule has 0 radical (unpaired) electrons. The van der Waals surface area contributed by atoms with Crippen molar-refractivity contribution in [2.24, 2.45) is 0 Å². The minimum Gasteiger partial charge on any atom is -0.388 e. The second-order valence-electron chi connectivity index (χ2n) is 2.89. The fourth-order valence-electron chi connectivity index (χ4n) is 1.09. The SMILES string of the molecule is O=CCC(O)c1ccc(C(F)F)cc1. The van der Waals surface area contributed by atoms with Gasteiger partial charge in [0, 0.05) is 12.0 Å². The van der Waals surface area contributed by atoms with Gasteiger partial charge >= 0.3 is 0 Å². The lowest BCUT2D eigenvalue weighted by Crippen LogP contribution is -1.98. The van der Waals surface area contributed by atoms with Gasteiger partial charge in [-0.1, -0.05) is 24.3 Å². The molecule has 1 N–H and O–H groups in total. The van der Waals surface area contributed by atoms with Gasteiger partial charge in [0.25, 0.3) is 6.43 Å². The first kappa shape index (κ1) is 10.8. The molecule has 0 fully saturated rings. The summed E-state index contributed by atoms with van der Waals surface area (Å²) in [6.07, 6.45) is -2.84. The van der Waals surface area contributed by atoms with Gasteiger partial charge in [-0.15, -0.1) is 0 Å². The van der Waals surface area contributed by atoms with Crippen molar-refractivity contribution in [3.8, 4) is 0 Å². The number of alkyl halides is 2. The van der Waals surface area contributed by atoms with Crippen molar-refractivity contribution in [3.63, 3.8) is 0 Å². The van der Waals surface area contributed by atoms with E-state index in [2.05, 4.69) is 0 Å². The highest BCUT2D eigenvalue weighted by molar-refractivity contribution is 5.51. The van der Waals surface area contributed by atoms with Gasteiger partial charge in [-0.05, 0) is 5.56 Å². The van der Waals surface area contributed by atoms with Gasteiger partial charge in [0.15, 0.2) is 0 Å². The van der Waals surface area contributed by atoms with E-state index < -0.39 is 12.5 Å². The van der Waals surface area contributed by atoms with Crippen LogP contribution in [0.25, 0.3) is 0 Å². The molecular weight excluding hydrogens is 190 g/mol. The summed E-state index contributed by atoms with van der Waals surface area (Å²) in [6, 6.07) is 5.29. The fraction of sp³-hybridized carbons (Fsp3) is 0.300. The van der Waals surface area contributed by atoms with E-state index in [4.69, 9.17) is 0 Å². The van der Waals surface area contributed by atoms with Gasteiger partial charge in [0.1, 0.15) is 6.29 Å². The quantitative estimate of drug-likeness (QED) is 0.757. The summed E-state index contributed by atoms with van der Waals surface area (Å²) in [6.45, 7) is 0. The molecule has 0 bridgehead atoms. The molecule has 0 aliphatic heterocycles. The molecule has 1 aromatic carbocycles. The minimum atomic E-state index is -2.51. The highest BCUT2D eigenvalue weighted by atomic mass is 19.3. The Morgan fingerprint density at radius 3 is 2.14 bits per heavy atom. The van der Waals surface area contributed by atoms with Crippen molar-refractivity contribution in [2.75, 3.05) is 0 Å². The predicted molar refractivity (Wildman–Crippen MR) is 47.0 cm³/mol. The van der Waals surface area contributed by atoms with Crippen LogP contribution in [0, 0.1) is 0 Å². The number of hydrogen-bond donors (Lipinski definition) is 1. The molecule has 14 heavy (non-hydrogen) atoms. The molecule has 0 saturated carbocycles. The van der Waals surface area contributed by atoms with E-state index in [0.29, 0.717) is 11.8 Å². The van der Waals surface area contributed by atoms with E-state index in [1.807, 2.05) is 0 Å². The van der Waals surface area contributed by atoms with Crippen LogP contribution in [0.1, 0.15) is 30.1 Å². The number of halogens is 2. The second kappa shape index (κ2) is 4.81. The summed E-state index contributed by atoms with van der Waals surface area (Å²) in [5.41, 5.74) is 0.383.